The number of hydrogen-bond donors (Lipinski definition) is 2. The van der Waals surface area contributed by atoms with Crippen molar-refractivity contribution in [2.75, 3.05) is 13.1 Å². The highest BCUT2D eigenvalue weighted by Gasteiger charge is 2.34. The van der Waals surface area contributed by atoms with Gasteiger partial charge in [-0.2, -0.15) is 10.2 Å². The molecule has 294 valence electrons. The van der Waals surface area contributed by atoms with Crippen LogP contribution in [0.1, 0.15) is 60.5 Å². The van der Waals surface area contributed by atoms with Crippen molar-refractivity contribution in [1.29, 1.82) is 0 Å². The third-order valence-corrected chi connectivity index (χ3v) is 11.6. The van der Waals surface area contributed by atoms with E-state index in [9.17, 15) is 8.78 Å². The first-order valence-corrected chi connectivity index (χ1v) is 19.6. The molecular weight excluding hydrogens is 756 g/mol. The molecule has 3 aliphatic rings. The molecule has 0 amide bonds. The normalized spacial score (nSPS) is 19.0. The lowest BCUT2D eigenvalue weighted by Crippen LogP contribution is -2.37. The lowest BCUT2D eigenvalue weighted by atomic mass is 9.86. The van der Waals surface area contributed by atoms with Crippen molar-refractivity contribution in [2.24, 2.45) is 7.05 Å². The van der Waals surface area contributed by atoms with E-state index >= 15 is 0 Å². The van der Waals surface area contributed by atoms with E-state index < -0.39 is 5.82 Å². The van der Waals surface area contributed by atoms with E-state index in [2.05, 4.69) is 64.3 Å². The van der Waals surface area contributed by atoms with Crippen LogP contribution in [0.2, 0.25) is 0 Å². The Balaban J connectivity index is 0.000000148. The zero-order valence-corrected chi connectivity index (χ0v) is 33.2. The first-order chi connectivity index (χ1) is 27.7. The van der Waals surface area contributed by atoms with E-state index in [0.29, 0.717) is 45.9 Å². The number of pyridine rings is 1. The first kappa shape index (κ1) is 37.8. The van der Waals surface area contributed by atoms with Gasteiger partial charge < -0.3 is 15.0 Å². The van der Waals surface area contributed by atoms with Gasteiger partial charge in [0.1, 0.15) is 11.3 Å². The lowest BCUT2D eigenvalue weighted by Gasteiger charge is -2.29. The average Bonchev–Trinajstić information content (AvgIpc) is 3.91. The molecule has 2 atom stereocenters. The van der Waals surface area contributed by atoms with Crippen molar-refractivity contribution in [3.05, 3.63) is 113 Å². The molecule has 14 heteroatoms. The molecule has 0 saturated carbocycles. The van der Waals surface area contributed by atoms with Crippen molar-refractivity contribution >= 4 is 56.5 Å². The number of nitrogens with zero attached hydrogens (tertiary/aromatic N) is 9. The van der Waals surface area contributed by atoms with Crippen molar-refractivity contribution < 1.29 is 8.78 Å². The second kappa shape index (κ2) is 15.2. The summed E-state index contributed by atoms with van der Waals surface area (Å²) in [6.07, 6.45) is 13.5. The fraction of sp³-hybridized carbons (Fsp3) is 0.295. The highest BCUT2D eigenvalue weighted by molar-refractivity contribution is 5.91. The summed E-state index contributed by atoms with van der Waals surface area (Å²) in [5.41, 5.74) is 10.8. The topological polar surface area (TPSA) is 124 Å². The molecule has 2 fully saturated rings. The van der Waals surface area contributed by atoms with Crippen molar-refractivity contribution in [2.45, 2.75) is 64.0 Å². The predicted molar refractivity (Wildman–Crippen MR) is 225 cm³/mol. The summed E-state index contributed by atoms with van der Waals surface area (Å²) in [7, 11) is 1.90. The number of rotatable bonds is 4. The Morgan fingerprint density at radius 1 is 0.759 bits per heavy atom. The van der Waals surface area contributed by atoms with E-state index in [-0.39, 0.29) is 18.2 Å². The van der Waals surface area contributed by atoms with Crippen molar-refractivity contribution in [3.8, 4) is 22.5 Å². The fourth-order valence-corrected chi connectivity index (χ4v) is 8.84. The molecule has 5 aromatic heterocycles. The second-order valence-corrected chi connectivity index (χ2v) is 15.7. The van der Waals surface area contributed by atoms with Crippen LogP contribution < -0.4 is 10.6 Å². The summed E-state index contributed by atoms with van der Waals surface area (Å²) >= 11 is 0. The minimum Gasteiger partial charge on any atom is -0.313 e. The van der Waals surface area contributed by atoms with Crippen LogP contribution in [0.5, 0.6) is 0 Å². The molecule has 11 rings (SSSR count). The minimum atomic E-state index is -0.393. The van der Waals surface area contributed by atoms with Gasteiger partial charge >= 0.3 is 0 Å². The Morgan fingerprint density at radius 2 is 1.55 bits per heavy atom. The molecule has 8 heterocycles. The third-order valence-electron chi connectivity index (χ3n) is 11.6. The average molecular weight is 798 g/mol. The van der Waals surface area contributed by atoms with Crippen LogP contribution in [0.4, 0.5) is 8.78 Å². The Labute approximate surface area is 339 Å². The maximum absolute atomic E-state index is 15.0. The molecule has 2 bridgehead atoms. The van der Waals surface area contributed by atoms with Gasteiger partial charge in [0.2, 0.25) is 0 Å². The lowest BCUT2D eigenvalue weighted by molar-refractivity contribution is 0.363. The molecule has 2 unspecified atom stereocenters. The van der Waals surface area contributed by atoms with E-state index in [1.165, 1.54) is 37.3 Å². The molecule has 2 saturated heterocycles. The van der Waals surface area contributed by atoms with E-state index in [1.54, 1.807) is 27.5 Å². The molecule has 11 nitrogen and oxygen atoms in total. The Kier molecular flexibility index (Phi) is 9.91. The Morgan fingerprint density at radius 3 is 2.36 bits per heavy atom. The van der Waals surface area contributed by atoms with Crippen LogP contribution in [-0.2, 0) is 7.05 Å². The van der Waals surface area contributed by atoms with E-state index in [4.69, 9.17) is 0 Å². The number of aromatic nitrogens is 9. The molecule has 0 aliphatic carbocycles. The fourth-order valence-electron chi connectivity index (χ4n) is 8.84. The van der Waals surface area contributed by atoms with Crippen molar-refractivity contribution in [1.82, 2.24) is 55.2 Å². The molecule has 58 heavy (non-hydrogen) atoms. The van der Waals surface area contributed by atoms with Crippen LogP contribution in [0.3, 0.4) is 0 Å². The van der Waals surface area contributed by atoms with Gasteiger partial charge in [0.05, 0.1) is 27.9 Å². The Hall–Kier alpha value is -5.76. The van der Waals surface area contributed by atoms with Crippen molar-refractivity contribution in [3.63, 3.8) is 0 Å². The number of nitrogens with one attached hydrogen (secondary N) is 2. The van der Waals surface area contributed by atoms with Gasteiger partial charge in [-0.25, -0.2) is 18.7 Å². The molecular formula is C44H42ClF2N11. The molecule has 0 radical (unpaired) electrons. The number of benzene rings is 3. The van der Waals surface area contributed by atoms with Gasteiger partial charge in [0, 0.05) is 60.6 Å². The van der Waals surface area contributed by atoms with Gasteiger partial charge in [0.25, 0.3) is 0 Å². The van der Waals surface area contributed by atoms with Crippen LogP contribution >= 0.6 is 12.4 Å². The van der Waals surface area contributed by atoms with E-state index in [1.807, 2.05) is 57.4 Å². The van der Waals surface area contributed by atoms with Gasteiger partial charge in [-0.05, 0) is 135 Å². The number of halogens is 3. The minimum absolute atomic E-state index is 0. The summed E-state index contributed by atoms with van der Waals surface area (Å²) in [5, 5.41) is 30.4. The van der Waals surface area contributed by atoms with Gasteiger partial charge in [-0.3, -0.25) is 4.68 Å². The number of hydrogen-bond acceptors (Lipinski definition) is 9. The largest absolute Gasteiger partial charge is 0.313 e. The zero-order chi connectivity index (χ0) is 38.8. The molecule has 2 N–H and O–H groups in total. The standard InChI is InChI=1S/C22H21FN6.C22H20FN5.ClH/c1-12-10-29-11-15(8-18(23)22(29)24-12)21-26-19-5-2-13(9-20(19)27-28-21)14-6-16-3-4-17(7-14)25-16;1-13-7-15(8-17-12-28(2)27-22(13)17)16-9-19(23)18-11-20(25-26-21(18)10-16)14-3-5-24-6-4-14;/h2,5,8-11,14,16-17,25H,3-4,6-7H2,1H3;3,7-12,24H,4-6H2,1-2H3;1H. The highest BCUT2D eigenvalue weighted by Crippen LogP contribution is 2.38. The SMILES string of the molecule is Cc1cc(-c2cc(F)c3cc(C4=CCNCC4)nnc3c2)cc2cn(C)nc12.Cc1cn2cc(-c3nnc4cc(C5CC6CCC(C5)N6)ccc4n3)cc(F)c2n1.Cl. The van der Waals surface area contributed by atoms with Gasteiger partial charge in [-0.15, -0.1) is 27.7 Å². The maximum atomic E-state index is 15.0. The van der Waals surface area contributed by atoms with Crippen LogP contribution in [0, 0.1) is 25.5 Å². The number of piperidine rings is 1. The quantitative estimate of drug-likeness (QED) is 0.181. The highest BCUT2D eigenvalue weighted by atomic mass is 35.5. The zero-order valence-electron chi connectivity index (χ0n) is 32.4. The number of aryl methyl sites for hydroxylation is 3. The number of imidazole rings is 1. The van der Waals surface area contributed by atoms with Crippen LogP contribution in [-0.4, -0.2) is 69.7 Å². The second-order valence-electron chi connectivity index (χ2n) is 15.7. The Bertz CT molecular complexity index is 2890. The molecule has 0 spiro atoms. The maximum Gasteiger partial charge on any atom is 0.183 e. The summed E-state index contributed by atoms with van der Waals surface area (Å²) in [6, 6.07) is 18.4. The van der Waals surface area contributed by atoms with Gasteiger partial charge in [0.15, 0.2) is 17.3 Å². The first-order valence-electron chi connectivity index (χ1n) is 19.6. The molecule has 3 aliphatic heterocycles. The van der Waals surface area contributed by atoms with Crippen LogP contribution in [0.15, 0.2) is 79.3 Å². The molecule has 3 aromatic carbocycles. The molecule has 8 aromatic rings. The summed E-state index contributed by atoms with van der Waals surface area (Å²) in [4.78, 5) is 8.84. The predicted octanol–water partition coefficient (Wildman–Crippen LogP) is 8.21. The summed E-state index contributed by atoms with van der Waals surface area (Å²) in [5.74, 6) is 0.315. The smallest absolute Gasteiger partial charge is 0.183 e. The van der Waals surface area contributed by atoms with Gasteiger partial charge in [-0.1, -0.05) is 12.1 Å². The summed E-state index contributed by atoms with van der Waals surface area (Å²) < 4.78 is 32.9. The summed E-state index contributed by atoms with van der Waals surface area (Å²) in [6.45, 7) is 5.58. The van der Waals surface area contributed by atoms with E-state index in [0.717, 1.165) is 75.1 Å². The number of fused-ring (bicyclic) bond motifs is 6. The van der Waals surface area contributed by atoms with Crippen LogP contribution in [0.25, 0.3) is 66.6 Å². The third kappa shape index (κ3) is 7.18. The monoisotopic (exact) mass is 797 g/mol.